The van der Waals surface area contributed by atoms with E-state index in [1.54, 1.807) is 6.20 Å². The fourth-order valence-electron chi connectivity index (χ4n) is 0.450. The lowest BCUT2D eigenvalue weighted by Gasteiger charge is -2.02. The summed E-state index contributed by atoms with van der Waals surface area (Å²) >= 11 is 0. The molecule has 0 aliphatic heterocycles. The molecule has 0 aromatic rings. The molecular formula is C7H14N2O. The molecule has 58 valence electrons. The quantitative estimate of drug-likeness (QED) is 0.571. The van der Waals surface area contributed by atoms with Crippen LogP contribution in [0.25, 0.3) is 0 Å². The van der Waals surface area contributed by atoms with E-state index in [0.29, 0.717) is 6.54 Å². The molecule has 0 aliphatic rings. The predicted octanol–water partition coefficient (Wildman–Crippen LogP) is 0.198. The summed E-state index contributed by atoms with van der Waals surface area (Å²) in [5.41, 5.74) is 0. The van der Waals surface area contributed by atoms with Crippen LogP contribution in [0.4, 0.5) is 0 Å². The third kappa shape index (κ3) is 5.15. The van der Waals surface area contributed by atoms with Crippen molar-refractivity contribution in [2.24, 2.45) is 0 Å². The van der Waals surface area contributed by atoms with Gasteiger partial charge in [-0.25, -0.2) is 0 Å². The number of carbonyl (C=O) groups excluding carboxylic acids is 1. The summed E-state index contributed by atoms with van der Waals surface area (Å²) in [6.45, 7) is 2.57. The van der Waals surface area contributed by atoms with Gasteiger partial charge in [0, 0.05) is 32.9 Å². The highest BCUT2D eigenvalue weighted by molar-refractivity contribution is 5.87. The second-order valence-corrected chi connectivity index (χ2v) is 2.17. The lowest BCUT2D eigenvalue weighted by atomic mass is 10.5. The Morgan fingerprint density at radius 1 is 1.60 bits per heavy atom. The van der Waals surface area contributed by atoms with E-state index < -0.39 is 0 Å². The molecule has 10 heavy (non-hydrogen) atoms. The van der Waals surface area contributed by atoms with Gasteiger partial charge in [-0.3, -0.25) is 4.79 Å². The second kappa shape index (κ2) is 4.85. The van der Waals surface area contributed by atoms with Crippen molar-refractivity contribution in [1.29, 1.82) is 0 Å². The smallest absolute Gasteiger partial charge is 0.245 e. The summed E-state index contributed by atoms with van der Waals surface area (Å²) in [4.78, 5) is 12.5. The van der Waals surface area contributed by atoms with Gasteiger partial charge in [-0.15, -0.1) is 0 Å². The van der Waals surface area contributed by atoms with Crippen LogP contribution in [-0.2, 0) is 4.79 Å². The molecule has 0 saturated heterocycles. The number of likely N-dealkylation sites (N-methyl/N-ethyl adjacent to an activating group) is 1. The maximum atomic E-state index is 10.7. The fraction of sp³-hybridized carbons (Fsp3) is 0.571. The van der Waals surface area contributed by atoms with E-state index >= 15 is 0 Å². The molecular weight excluding hydrogens is 128 g/mol. The number of hydrogen-bond acceptors (Lipinski definition) is 2. The fourth-order valence-corrected chi connectivity index (χ4v) is 0.450. The maximum absolute atomic E-state index is 10.7. The van der Waals surface area contributed by atoms with E-state index in [2.05, 4.69) is 5.32 Å². The van der Waals surface area contributed by atoms with E-state index in [-0.39, 0.29) is 5.91 Å². The highest BCUT2D eigenvalue weighted by atomic mass is 16.1. The standard InChI is InChI=1S/C7H14N2O/c1-4-8-7(10)5-6-9(2)3/h5-6H,4H2,1-3H3,(H,8,10). The Morgan fingerprint density at radius 2 is 2.20 bits per heavy atom. The summed E-state index contributed by atoms with van der Waals surface area (Å²) in [5.74, 6) is -0.0452. The van der Waals surface area contributed by atoms with Crippen molar-refractivity contribution in [1.82, 2.24) is 10.2 Å². The maximum Gasteiger partial charge on any atom is 0.245 e. The number of hydrogen-bond donors (Lipinski definition) is 1. The number of rotatable bonds is 3. The zero-order valence-electron chi connectivity index (χ0n) is 6.72. The first-order valence-corrected chi connectivity index (χ1v) is 3.29. The van der Waals surface area contributed by atoms with Crippen LogP contribution in [0.15, 0.2) is 12.3 Å². The molecule has 3 heteroatoms. The van der Waals surface area contributed by atoms with Gasteiger partial charge in [0.1, 0.15) is 0 Å². The van der Waals surface area contributed by atoms with Crippen LogP contribution in [0.1, 0.15) is 6.92 Å². The normalized spacial score (nSPS) is 9.90. The molecule has 0 radical (unpaired) electrons. The summed E-state index contributed by atoms with van der Waals surface area (Å²) in [6.07, 6.45) is 3.22. The highest BCUT2D eigenvalue weighted by Crippen LogP contribution is 1.76. The number of carbonyl (C=O) groups is 1. The molecule has 1 amide bonds. The topological polar surface area (TPSA) is 32.3 Å². The first kappa shape index (κ1) is 9.01. The van der Waals surface area contributed by atoms with E-state index in [0.717, 1.165) is 0 Å². The number of nitrogens with one attached hydrogen (secondary N) is 1. The Hall–Kier alpha value is -0.990. The van der Waals surface area contributed by atoms with Gasteiger partial charge in [0.15, 0.2) is 0 Å². The van der Waals surface area contributed by atoms with Gasteiger partial charge in [0.25, 0.3) is 0 Å². The minimum Gasteiger partial charge on any atom is -0.383 e. The van der Waals surface area contributed by atoms with Crippen LogP contribution in [0.2, 0.25) is 0 Å². The van der Waals surface area contributed by atoms with Gasteiger partial charge in [-0.1, -0.05) is 0 Å². The molecule has 0 heterocycles. The van der Waals surface area contributed by atoms with Crippen LogP contribution >= 0.6 is 0 Å². The monoisotopic (exact) mass is 142 g/mol. The highest BCUT2D eigenvalue weighted by Gasteiger charge is 1.88. The minimum atomic E-state index is -0.0452. The lowest BCUT2D eigenvalue weighted by Crippen LogP contribution is -2.20. The molecule has 1 N–H and O–H groups in total. The third-order valence-corrected chi connectivity index (χ3v) is 0.875. The average molecular weight is 142 g/mol. The molecule has 3 nitrogen and oxygen atoms in total. The first-order valence-electron chi connectivity index (χ1n) is 3.29. The van der Waals surface area contributed by atoms with Crippen molar-refractivity contribution in [3.8, 4) is 0 Å². The van der Waals surface area contributed by atoms with Crippen LogP contribution in [0, 0.1) is 0 Å². The summed E-state index contributed by atoms with van der Waals surface area (Å²) in [5, 5.41) is 2.65. The minimum absolute atomic E-state index is 0.0452. The zero-order valence-corrected chi connectivity index (χ0v) is 6.72. The van der Waals surface area contributed by atoms with E-state index in [9.17, 15) is 4.79 Å². The van der Waals surface area contributed by atoms with Crippen LogP contribution < -0.4 is 5.32 Å². The molecule has 0 spiro atoms. The molecule has 0 bridgehead atoms. The predicted molar refractivity (Wildman–Crippen MR) is 41.5 cm³/mol. The molecule has 0 aromatic heterocycles. The van der Waals surface area contributed by atoms with Gasteiger partial charge in [-0.05, 0) is 6.92 Å². The first-order chi connectivity index (χ1) is 4.66. The van der Waals surface area contributed by atoms with Crippen molar-refractivity contribution in [2.45, 2.75) is 6.92 Å². The van der Waals surface area contributed by atoms with Gasteiger partial charge in [0.2, 0.25) is 5.91 Å². The molecule has 0 fully saturated rings. The molecule has 0 rings (SSSR count). The SMILES string of the molecule is CCNC(=O)C=CN(C)C. The van der Waals surface area contributed by atoms with Gasteiger partial charge in [0.05, 0.1) is 0 Å². The Bertz CT molecular complexity index is 130. The Balaban J connectivity index is 3.56. The summed E-state index contributed by atoms with van der Waals surface area (Å²) in [6, 6.07) is 0. The Kier molecular flexibility index (Phi) is 4.37. The van der Waals surface area contributed by atoms with E-state index in [1.807, 2.05) is 25.9 Å². The number of nitrogens with zero attached hydrogens (tertiary/aromatic N) is 1. The molecule has 0 unspecified atom stereocenters. The van der Waals surface area contributed by atoms with Crippen molar-refractivity contribution < 1.29 is 4.79 Å². The summed E-state index contributed by atoms with van der Waals surface area (Å²) in [7, 11) is 3.74. The van der Waals surface area contributed by atoms with Crippen molar-refractivity contribution >= 4 is 5.91 Å². The number of amides is 1. The lowest BCUT2D eigenvalue weighted by molar-refractivity contribution is -0.116. The summed E-state index contributed by atoms with van der Waals surface area (Å²) < 4.78 is 0. The molecule has 0 saturated carbocycles. The average Bonchev–Trinajstić information content (AvgIpc) is 1.85. The van der Waals surface area contributed by atoms with Gasteiger partial charge >= 0.3 is 0 Å². The zero-order chi connectivity index (χ0) is 7.98. The van der Waals surface area contributed by atoms with Crippen molar-refractivity contribution in [3.05, 3.63) is 12.3 Å². The van der Waals surface area contributed by atoms with Crippen LogP contribution in [0.5, 0.6) is 0 Å². The van der Waals surface area contributed by atoms with Crippen LogP contribution in [0.3, 0.4) is 0 Å². The van der Waals surface area contributed by atoms with Gasteiger partial charge < -0.3 is 10.2 Å². The largest absolute Gasteiger partial charge is 0.383 e. The molecule has 0 atom stereocenters. The van der Waals surface area contributed by atoms with E-state index in [1.165, 1.54) is 6.08 Å². The van der Waals surface area contributed by atoms with E-state index in [4.69, 9.17) is 0 Å². The Morgan fingerprint density at radius 3 is 2.60 bits per heavy atom. The second-order valence-electron chi connectivity index (χ2n) is 2.17. The molecule has 0 aliphatic carbocycles. The van der Waals surface area contributed by atoms with Gasteiger partial charge in [-0.2, -0.15) is 0 Å². The third-order valence-electron chi connectivity index (χ3n) is 0.875. The van der Waals surface area contributed by atoms with Crippen molar-refractivity contribution in [3.63, 3.8) is 0 Å². The van der Waals surface area contributed by atoms with Crippen molar-refractivity contribution in [2.75, 3.05) is 20.6 Å². The Labute approximate surface area is 61.7 Å². The molecule has 0 aromatic carbocycles. The van der Waals surface area contributed by atoms with Crippen LogP contribution in [-0.4, -0.2) is 31.4 Å².